The summed E-state index contributed by atoms with van der Waals surface area (Å²) in [5.41, 5.74) is 8.39. The van der Waals surface area contributed by atoms with Gasteiger partial charge in [-0.3, -0.25) is 0 Å². The largest absolute Gasteiger partial charge is 0.398 e. The summed E-state index contributed by atoms with van der Waals surface area (Å²) in [6.07, 6.45) is 1.42. The Morgan fingerprint density at radius 1 is 1.19 bits per heavy atom. The van der Waals surface area contributed by atoms with Crippen molar-refractivity contribution in [1.29, 1.82) is 0 Å². The molecule has 3 N–H and O–H groups in total. The molecule has 21 heavy (non-hydrogen) atoms. The van der Waals surface area contributed by atoms with E-state index in [0.29, 0.717) is 11.5 Å². The molecule has 0 radical (unpaired) electrons. The first-order valence-corrected chi connectivity index (χ1v) is 6.66. The first-order chi connectivity index (χ1) is 10.1. The number of benzene rings is 2. The zero-order chi connectivity index (χ0) is 15.0. The van der Waals surface area contributed by atoms with E-state index in [1.807, 2.05) is 6.92 Å². The van der Waals surface area contributed by atoms with Gasteiger partial charge in [-0.25, -0.2) is 14.4 Å². The Labute approximate surface area is 125 Å². The van der Waals surface area contributed by atoms with Gasteiger partial charge in [0.1, 0.15) is 12.1 Å². The lowest BCUT2D eigenvalue weighted by Crippen LogP contribution is -2.01. The van der Waals surface area contributed by atoms with Crippen molar-refractivity contribution >= 4 is 39.7 Å². The number of nitrogens with one attached hydrogen (secondary N) is 1. The second-order valence-electron chi connectivity index (χ2n) is 4.62. The number of nitrogens with two attached hydrogens (primary N) is 1. The molecule has 3 aromatic rings. The Morgan fingerprint density at radius 3 is 2.81 bits per heavy atom. The van der Waals surface area contributed by atoms with Crippen molar-refractivity contribution < 1.29 is 4.39 Å². The minimum absolute atomic E-state index is 0.0506. The molecule has 0 saturated heterocycles. The van der Waals surface area contributed by atoms with Gasteiger partial charge in [-0.2, -0.15) is 0 Å². The lowest BCUT2D eigenvalue weighted by molar-refractivity contribution is 0.632. The number of fused-ring (bicyclic) bond motifs is 1. The normalized spacial score (nSPS) is 10.8. The van der Waals surface area contributed by atoms with E-state index >= 15 is 0 Å². The van der Waals surface area contributed by atoms with Crippen molar-refractivity contribution in [2.75, 3.05) is 11.1 Å². The molecule has 0 spiro atoms. The van der Waals surface area contributed by atoms with Crippen LogP contribution in [-0.4, -0.2) is 9.97 Å². The Hall–Kier alpha value is -2.40. The highest BCUT2D eigenvalue weighted by atomic mass is 35.5. The maximum absolute atomic E-state index is 14.0. The van der Waals surface area contributed by atoms with Gasteiger partial charge in [0.05, 0.1) is 16.2 Å². The average molecular weight is 303 g/mol. The van der Waals surface area contributed by atoms with Crippen LogP contribution in [0.3, 0.4) is 0 Å². The average Bonchev–Trinajstić information content (AvgIpc) is 2.48. The molecule has 0 aliphatic rings. The molecule has 0 amide bonds. The molecule has 0 atom stereocenters. The van der Waals surface area contributed by atoms with Crippen LogP contribution in [0.2, 0.25) is 5.02 Å². The van der Waals surface area contributed by atoms with Crippen molar-refractivity contribution in [3.05, 3.63) is 53.1 Å². The van der Waals surface area contributed by atoms with E-state index in [9.17, 15) is 4.39 Å². The molecule has 0 aliphatic carbocycles. The summed E-state index contributed by atoms with van der Waals surface area (Å²) < 4.78 is 14.0. The lowest BCUT2D eigenvalue weighted by Gasteiger charge is -2.12. The van der Waals surface area contributed by atoms with Gasteiger partial charge in [-0.05, 0) is 36.8 Å². The molecule has 3 rings (SSSR count). The van der Waals surface area contributed by atoms with Gasteiger partial charge in [0, 0.05) is 11.1 Å². The highest BCUT2D eigenvalue weighted by Crippen LogP contribution is 2.31. The summed E-state index contributed by atoms with van der Waals surface area (Å²) in [4.78, 5) is 8.39. The van der Waals surface area contributed by atoms with Crippen molar-refractivity contribution in [3.63, 3.8) is 0 Å². The molecular weight excluding hydrogens is 291 g/mol. The molecule has 2 aromatic carbocycles. The van der Waals surface area contributed by atoms with Gasteiger partial charge < -0.3 is 11.1 Å². The minimum atomic E-state index is -0.521. The third-order valence-electron chi connectivity index (χ3n) is 3.31. The van der Waals surface area contributed by atoms with Crippen LogP contribution >= 0.6 is 11.6 Å². The number of aryl methyl sites for hydroxylation is 1. The number of aromatic nitrogens is 2. The van der Waals surface area contributed by atoms with Crippen molar-refractivity contribution in [2.24, 2.45) is 0 Å². The fourth-order valence-corrected chi connectivity index (χ4v) is 2.33. The quantitative estimate of drug-likeness (QED) is 0.701. The van der Waals surface area contributed by atoms with E-state index in [-0.39, 0.29) is 10.7 Å². The predicted octanol–water partition coefficient (Wildman–Crippen LogP) is 4.06. The van der Waals surface area contributed by atoms with Crippen LogP contribution in [0.25, 0.3) is 10.9 Å². The summed E-state index contributed by atoms with van der Waals surface area (Å²) in [6, 6.07) is 8.34. The smallest absolute Gasteiger partial charge is 0.165 e. The number of anilines is 3. The maximum Gasteiger partial charge on any atom is 0.165 e. The van der Waals surface area contributed by atoms with E-state index in [0.717, 1.165) is 16.5 Å². The van der Waals surface area contributed by atoms with E-state index in [1.54, 1.807) is 24.3 Å². The molecule has 1 heterocycles. The van der Waals surface area contributed by atoms with Crippen LogP contribution < -0.4 is 11.1 Å². The SMILES string of the molecule is Cc1c(N)ccc2ncnc(Nc3cccc(Cl)c3F)c12. The fourth-order valence-electron chi connectivity index (χ4n) is 2.16. The molecule has 0 aliphatic heterocycles. The van der Waals surface area contributed by atoms with E-state index < -0.39 is 5.82 Å². The number of rotatable bonds is 2. The van der Waals surface area contributed by atoms with E-state index in [2.05, 4.69) is 15.3 Å². The maximum atomic E-state index is 14.0. The van der Waals surface area contributed by atoms with Gasteiger partial charge in [-0.15, -0.1) is 0 Å². The van der Waals surface area contributed by atoms with E-state index in [1.165, 1.54) is 12.4 Å². The Kier molecular flexibility index (Phi) is 3.35. The first kappa shape index (κ1) is 13.6. The highest BCUT2D eigenvalue weighted by molar-refractivity contribution is 6.31. The van der Waals surface area contributed by atoms with Crippen LogP contribution in [0.1, 0.15) is 5.56 Å². The fraction of sp³-hybridized carbons (Fsp3) is 0.0667. The molecule has 0 fully saturated rings. The number of nitrogen functional groups attached to an aromatic ring is 1. The third kappa shape index (κ3) is 2.36. The van der Waals surface area contributed by atoms with Crippen LogP contribution in [0.4, 0.5) is 21.6 Å². The summed E-state index contributed by atoms with van der Waals surface area (Å²) >= 11 is 5.79. The van der Waals surface area contributed by atoms with Crippen LogP contribution in [0.5, 0.6) is 0 Å². The Bertz CT molecular complexity index is 835. The molecular formula is C15H12ClFN4. The zero-order valence-corrected chi connectivity index (χ0v) is 11.9. The number of hydrogen-bond donors (Lipinski definition) is 2. The topological polar surface area (TPSA) is 63.8 Å². The van der Waals surface area contributed by atoms with Gasteiger partial charge in [0.15, 0.2) is 5.82 Å². The van der Waals surface area contributed by atoms with Crippen molar-refractivity contribution in [1.82, 2.24) is 9.97 Å². The second kappa shape index (κ2) is 5.18. The summed E-state index contributed by atoms with van der Waals surface area (Å²) in [5.74, 6) is -0.0292. The van der Waals surface area contributed by atoms with Crippen LogP contribution in [0.15, 0.2) is 36.7 Å². The molecule has 4 nitrogen and oxygen atoms in total. The highest BCUT2D eigenvalue weighted by Gasteiger charge is 2.12. The summed E-state index contributed by atoms with van der Waals surface area (Å²) in [7, 11) is 0. The summed E-state index contributed by atoms with van der Waals surface area (Å²) in [5, 5.41) is 3.77. The van der Waals surface area contributed by atoms with Crippen molar-refractivity contribution in [2.45, 2.75) is 6.92 Å². The van der Waals surface area contributed by atoms with Crippen LogP contribution in [0, 0.1) is 12.7 Å². The molecule has 0 unspecified atom stereocenters. The third-order valence-corrected chi connectivity index (χ3v) is 3.60. The second-order valence-corrected chi connectivity index (χ2v) is 5.03. The zero-order valence-electron chi connectivity index (χ0n) is 11.2. The number of halogens is 2. The predicted molar refractivity (Wildman–Crippen MR) is 83.4 cm³/mol. The van der Waals surface area contributed by atoms with Crippen LogP contribution in [-0.2, 0) is 0 Å². The monoisotopic (exact) mass is 302 g/mol. The Morgan fingerprint density at radius 2 is 2.00 bits per heavy atom. The van der Waals surface area contributed by atoms with Gasteiger partial charge in [-0.1, -0.05) is 17.7 Å². The molecule has 106 valence electrons. The Balaban J connectivity index is 2.17. The molecule has 0 saturated carbocycles. The summed E-state index contributed by atoms with van der Waals surface area (Å²) in [6.45, 7) is 1.88. The number of nitrogens with zero attached hydrogens (tertiary/aromatic N) is 2. The van der Waals surface area contributed by atoms with Gasteiger partial charge in [0.25, 0.3) is 0 Å². The standard InChI is InChI=1S/C15H12ClFN4/c1-8-10(18)5-6-11-13(8)15(20-7-19-11)21-12-4-2-3-9(16)14(12)17/h2-7H,18H2,1H3,(H,19,20,21). The molecule has 0 bridgehead atoms. The van der Waals surface area contributed by atoms with Gasteiger partial charge in [0.2, 0.25) is 0 Å². The molecule has 6 heteroatoms. The minimum Gasteiger partial charge on any atom is -0.398 e. The van der Waals surface area contributed by atoms with Crippen molar-refractivity contribution in [3.8, 4) is 0 Å². The van der Waals surface area contributed by atoms with Gasteiger partial charge >= 0.3 is 0 Å². The lowest BCUT2D eigenvalue weighted by atomic mass is 10.1. The first-order valence-electron chi connectivity index (χ1n) is 6.28. The number of hydrogen-bond acceptors (Lipinski definition) is 4. The molecule has 1 aromatic heterocycles. The van der Waals surface area contributed by atoms with E-state index in [4.69, 9.17) is 17.3 Å².